The van der Waals surface area contributed by atoms with Crippen molar-refractivity contribution in [2.45, 2.75) is 75.8 Å². The highest BCUT2D eigenvalue weighted by Crippen LogP contribution is 2.39. The van der Waals surface area contributed by atoms with Gasteiger partial charge in [-0.2, -0.15) is 0 Å². The Hall–Kier alpha value is -2.19. The molecule has 0 radical (unpaired) electrons. The minimum absolute atomic E-state index is 0.0852. The number of amides is 3. The monoisotopic (exact) mass is 490 g/mol. The number of hydrogen-bond acceptors (Lipinski definition) is 4. The van der Waals surface area contributed by atoms with E-state index in [9.17, 15) is 14.0 Å². The predicted molar refractivity (Wildman–Crippen MR) is 136 cm³/mol. The lowest BCUT2D eigenvalue weighted by molar-refractivity contribution is 0.0914. The molecule has 1 saturated carbocycles. The van der Waals surface area contributed by atoms with Crippen molar-refractivity contribution in [2.75, 3.05) is 40.9 Å². The van der Waals surface area contributed by atoms with Gasteiger partial charge >= 0.3 is 6.03 Å². The van der Waals surface area contributed by atoms with E-state index in [-0.39, 0.29) is 23.8 Å². The van der Waals surface area contributed by atoms with Crippen LogP contribution in [0.15, 0.2) is 18.2 Å². The van der Waals surface area contributed by atoms with Gasteiger partial charge in [-0.3, -0.25) is 4.79 Å². The number of hydrogen-bond donors (Lipinski definition) is 3. The van der Waals surface area contributed by atoms with E-state index in [2.05, 4.69) is 16.0 Å². The van der Waals surface area contributed by atoms with E-state index >= 15 is 0 Å². The Morgan fingerprint density at radius 2 is 2.03 bits per heavy atom. The minimum Gasteiger partial charge on any atom is -0.385 e. The van der Waals surface area contributed by atoms with Crippen LogP contribution in [0, 0.1) is 11.7 Å². The number of fused-ring (bicyclic) bond motifs is 1. The van der Waals surface area contributed by atoms with Gasteiger partial charge in [0.15, 0.2) is 0 Å². The number of likely N-dealkylation sites (N-methyl/N-ethyl adjacent to an activating group) is 1. The van der Waals surface area contributed by atoms with Crippen molar-refractivity contribution in [3.63, 3.8) is 0 Å². The summed E-state index contributed by atoms with van der Waals surface area (Å²) < 4.78 is 19.3. The molecule has 196 valence electrons. The SMILES string of the molecule is CNC[C@H](CC1CCCCC1)NC(=O)N(C)CC[C@]1(CCCCOC)NC(=O)c2ccc(F)cc21. The van der Waals surface area contributed by atoms with Gasteiger partial charge in [0, 0.05) is 45.5 Å². The highest BCUT2D eigenvalue weighted by atomic mass is 19.1. The van der Waals surface area contributed by atoms with Gasteiger partial charge in [0.25, 0.3) is 5.91 Å². The first-order valence-corrected chi connectivity index (χ1v) is 13.2. The lowest BCUT2D eigenvalue weighted by Gasteiger charge is -2.33. The van der Waals surface area contributed by atoms with Gasteiger partial charge in [0.1, 0.15) is 5.82 Å². The molecular weight excluding hydrogens is 447 g/mol. The maximum Gasteiger partial charge on any atom is 0.317 e. The molecule has 3 N–H and O–H groups in total. The van der Waals surface area contributed by atoms with E-state index in [4.69, 9.17) is 4.74 Å². The molecule has 0 unspecified atom stereocenters. The van der Waals surface area contributed by atoms with Crippen molar-refractivity contribution in [3.8, 4) is 0 Å². The number of ether oxygens (including phenoxy) is 1. The van der Waals surface area contributed by atoms with Crippen LogP contribution in [0.25, 0.3) is 0 Å². The molecule has 7 nitrogen and oxygen atoms in total. The topological polar surface area (TPSA) is 82.7 Å². The summed E-state index contributed by atoms with van der Waals surface area (Å²) in [5.41, 5.74) is 0.523. The summed E-state index contributed by atoms with van der Waals surface area (Å²) in [5, 5.41) is 9.55. The Bertz CT molecular complexity index is 846. The van der Waals surface area contributed by atoms with Crippen LogP contribution in [0.5, 0.6) is 0 Å². The third-order valence-corrected chi connectivity index (χ3v) is 7.64. The Morgan fingerprint density at radius 1 is 1.26 bits per heavy atom. The van der Waals surface area contributed by atoms with Crippen LogP contribution in [0.1, 0.15) is 80.1 Å². The van der Waals surface area contributed by atoms with E-state index in [0.29, 0.717) is 43.0 Å². The molecule has 3 rings (SSSR count). The zero-order chi connectivity index (χ0) is 25.3. The Balaban J connectivity index is 1.64. The average Bonchev–Trinajstić information content (AvgIpc) is 3.12. The van der Waals surface area contributed by atoms with Gasteiger partial charge in [-0.25, -0.2) is 9.18 Å². The highest BCUT2D eigenvalue weighted by Gasteiger charge is 2.42. The lowest BCUT2D eigenvalue weighted by Crippen LogP contribution is -2.49. The van der Waals surface area contributed by atoms with E-state index < -0.39 is 5.54 Å². The highest BCUT2D eigenvalue weighted by molar-refractivity contribution is 6.00. The van der Waals surface area contributed by atoms with Crippen LogP contribution in [0.2, 0.25) is 0 Å². The van der Waals surface area contributed by atoms with Gasteiger partial charge < -0.3 is 25.6 Å². The molecule has 1 fully saturated rings. The van der Waals surface area contributed by atoms with E-state index in [1.807, 2.05) is 7.05 Å². The Labute approximate surface area is 209 Å². The average molecular weight is 491 g/mol. The summed E-state index contributed by atoms with van der Waals surface area (Å²) in [6.07, 6.45) is 10.2. The molecule has 1 aliphatic carbocycles. The first-order valence-electron chi connectivity index (χ1n) is 13.2. The smallest absolute Gasteiger partial charge is 0.317 e. The summed E-state index contributed by atoms with van der Waals surface area (Å²) in [6.45, 7) is 1.82. The molecular formula is C27H43FN4O3. The molecule has 1 heterocycles. The molecule has 0 saturated heterocycles. The van der Waals surface area contributed by atoms with Crippen molar-refractivity contribution in [2.24, 2.45) is 5.92 Å². The molecule has 1 aromatic rings. The number of nitrogens with one attached hydrogen (secondary N) is 3. The molecule has 1 aromatic carbocycles. The zero-order valence-electron chi connectivity index (χ0n) is 21.6. The third kappa shape index (κ3) is 7.40. The summed E-state index contributed by atoms with van der Waals surface area (Å²) in [7, 11) is 5.37. The number of benzene rings is 1. The van der Waals surface area contributed by atoms with Gasteiger partial charge in [-0.1, -0.05) is 32.1 Å². The van der Waals surface area contributed by atoms with Crippen LogP contribution in [0.3, 0.4) is 0 Å². The number of rotatable bonds is 13. The van der Waals surface area contributed by atoms with Crippen molar-refractivity contribution in [3.05, 3.63) is 35.1 Å². The van der Waals surface area contributed by atoms with Crippen LogP contribution < -0.4 is 16.0 Å². The molecule has 8 heteroatoms. The summed E-state index contributed by atoms with van der Waals surface area (Å²) >= 11 is 0. The van der Waals surface area contributed by atoms with E-state index in [1.54, 1.807) is 25.1 Å². The van der Waals surface area contributed by atoms with Crippen molar-refractivity contribution in [1.82, 2.24) is 20.9 Å². The van der Waals surface area contributed by atoms with Gasteiger partial charge in [0.05, 0.1) is 5.54 Å². The standard InChI is InChI=1S/C27H43FN4O3/c1-29-19-22(17-20-9-5-4-6-10-20)30-26(34)32(2)15-14-27(13-7-8-16-35-3)24-18-21(28)11-12-23(24)25(33)31-27/h11-12,18,20,22,29H,4-10,13-17,19H2,1-3H3,(H,30,34)(H,31,33)/t22-,27-/m0/s1. The van der Waals surface area contributed by atoms with Gasteiger partial charge in [-0.15, -0.1) is 0 Å². The van der Waals surface area contributed by atoms with E-state index in [1.165, 1.54) is 44.2 Å². The van der Waals surface area contributed by atoms with Crippen molar-refractivity contribution >= 4 is 11.9 Å². The maximum absolute atomic E-state index is 14.2. The normalized spacial score (nSPS) is 20.9. The Kier molecular flexibility index (Phi) is 10.3. The molecule has 2 atom stereocenters. The fourth-order valence-electron chi connectivity index (χ4n) is 5.66. The number of halogens is 1. The summed E-state index contributed by atoms with van der Waals surface area (Å²) in [6, 6.07) is 4.33. The molecule has 0 bridgehead atoms. The molecule has 2 aliphatic rings. The van der Waals surface area contributed by atoms with Crippen molar-refractivity contribution in [1.29, 1.82) is 0 Å². The third-order valence-electron chi connectivity index (χ3n) is 7.64. The van der Waals surface area contributed by atoms with Crippen LogP contribution in [-0.4, -0.2) is 63.8 Å². The fraction of sp³-hybridized carbons (Fsp3) is 0.704. The minimum atomic E-state index is -0.691. The summed E-state index contributed by atoms with van der Waals surface area (Å²) in [4.78, 5) is 27.5. The van der Waals surface area contributed by atoms with Crippen LogP contribution in [0.4, 0.5) is 9.18 Å². The number of urea groups is 1. The number of nitrogens with zero attached hydrogens (tertiary/aromatic N) is 1. The number of carbonyl (C=O) groups is 2. The zero-order valence-corrected chi connectivity index (χ0v) is 21.6. The number of carbonyl (C=O) groups excluding carboxylic acids is 2. The lowest BCUT2D eigenvalue weighted by atomic mass is 9.82. The molecule has 35 heavy (non-hydrogen) atoms. The maximum atomic E-state index is 14.2. The van der Waals surface area contributed by atoms with E-state index in [0.717, 1.165) is 25.8 Å². The molecule has 0 spiro atoms. The van der Waals surface area contributed by atoms with Crippen LogP contribution in [-0.2, 0) is 10.3 Å². The van der Waals surface area contributed by atoms with Gasteiger partial charge in [-0.05, 0) is 68.8 Å². The molecule has 0 aromatic heterocycles. The largest absolute Gasteiger partial charge is 0.385 e. The summed E-state index contributed by atoms with van der Waals surface area (Å²) in [5.74, 6) is 0.133. The fourth-order valence-corrected chi connectivity index (χ4v) is 5.66. The second kappa shape index (κ2) is 13.2. The first-order chi connectivity index (χ1) is 16.9. The molecule has 3 amide bonds. The number of methoxy groups -OCH3 is 1. The quantitative estimate of drug-likeness (QED) is 0.363. The second-order valence-electron chi connectivity index (χ2n) is 10.3. The molecule has 1 aliphatic heterocycles. The first kappa shape index (κ1) is 27.4. The van der Waals surface area contributed by atoms with Crippen LogP contribution >= 0.6 is 0 Å². The number of unbranched alkanes of at least 4 members (excludes halogenated alkanes) is 1. The van der Waals surface area contributed by atoms with Crippen molar-refractivity contribution < 1.29 is 18.7 Å². The Morgan fingerprint density at radius 3 is 2.74 bits per heavy atom. The second-order valence-corrected chi connectivity index (χ2v) is 10.3. The predicted octanol–water partition coefficient (Wildman–Crippen LogP) is 4.17. The van der Waals surface area contributed by atoms with Gasteiger partial charge in [0.2, 0.25) is 0 Å².